The Hall–Kier alpha value is -1.46. The molecule has 0 bridgehead atoms. The van der Waals surface area contributed by atoms with Crippen LogP contribution in [0.4, 0.5) is 0 Å². The Morgan fingerprint density at radius 2 is 2.04 bits per heavy atom. The number of para-hydroxylation sites is 1. The Morgan fingerprint density at radius 3 is 2.79 bits per heavy atom. The van der Waals surface area contributed by atoms with Gasteiger partial charge >= 0.3 is 0 Å². The van der Waals surface area contributed by atoms with Gasteiger partial charge in [0.05, 0.1) is 15.2 Å². The Balaban J connectivity index is 1.38. The summed E-state index contributed by atoms with van der Waals surface area (Å²) in [6, 6.07) is 8.83. The summed E-state index contributed by atoms with van der Waals surface area (Å²) < 4.78 is 1.27. The molecule has 4 rings (SSSR count). The first-order chi connectivity index (χ1) is 11.7. The van der Waals surface area contributed by atoms with Crippen LogP contribution < -0.4 is 5.32 Å². The lowest BCUT2D eigenvalue weighted by Crippen LogP contribution is -2.46. The molecular weight excluding hydrogens is 318 g/mol. The molecule has 4 nitrogen and oxygen atoms in total. The molecule has 1 aromatic heterocycles. The molecule has 2 aromatic rings. The number of fused-ring (bicyclic) bond motifs is 1. The number of thiazole rings is 1. The van der Waals surface area contributed by atoms with Crippen LogP contribution in [0.25, 0.3) is 10.2 Å². The smallest absolute Gasteiger partial charge is 0.225 e. The lowest BCUT2D eigenvalue weighted by atomic mass is 9.90. The largest absolute Gasteiger partial charge is 0.342 e. The van der Waals surface area contributed by atoms with E-state index < -0.39 is 0 Å². The fraction of sp³-hybridized carbons (Fsp3) is 0.579. The zero-order valence-corrected chi connectivity index (χ0v) is 15.0. The normalized spacial score (nSPS) is 26.0. The van der Waals surface area contributed by atoms with E-state index in [1.165, 1.54) is 9.71 Å². The molecule has 1 amide bonds. The lowest BCUT2D eigenvalue weighted by molar-refractivity contribution is -0.137. The second-order valence-electron chi connectivity index (χ2n) is 7.20. The summed E-state index contributed by atoms with van der Waals surface area (Å²) in [5, 5.41) is 4.68. The van der Waals surface area contributed by atoms with Crippen LogP contribution in [-0.4, -0.2) is 41.5 Å². The van der Waals surface area contributed by atoms with Crippen LogP contribution in [0.2, 0.25) is 0 Å². The second kappa shape index (κ2) is 6.81. The number of benzene rings is 1. The van der Waals surface area contributed by atoms with Gasteiger partial charge in [-0.25, -0.2) is 4.98 Å². The maximum Gasteiger partial charge on any atom is 0.225 e. The summed E-state index contributed by atoms with van der Waals surface area (Å²) >= 11 is 1.82. The van der Waals surface area contributed by atoms with Gasteiger partial charge in [0.2, 0.25) is 5.91 Å². The van der Waals surface area contributed by atoms with Crippen LogP contribution in [0.15, 0.2) is 24.3 Å². The van der Waals surface area contributed by atoms with Gasteiger partial charge in [-0.05, 0) is 51.3 Å². The van der Waals surface area contributed by atoms with Gasteiger partial charge in [0.15, 0.2) is 0 Å². The molecule has 128 valence electrons. The third-order valence-electron chi connectivity index (χ3n) is 5.44. The monoisotopic (exact) mass is 343 g/mol. The highest BCUT2D eigenvalue weighted by Crippen LogP contribution is 2.34. The number of aromatic nitrogens is 1. The van der Waals surface area contributed by atoms with Crippen molar-refractivity contribution < 1.29 is 4.79 Å². The van der Waals surface area contributed by atoms with E-state index in [4.69, 9.17) is 4.98 Å². The molecule has 0 radical (unpaired) electrons. The van der Waals surface area contributed by atoms with E-state index in [-0.39, 0.29) is 5.92 Å². The number of piperidine rings is 2. The maximum atomic E-state index is 12.8. The van der Waals surface area contributed by atoms with E-state index in [1.807, 2.05) is 17.4 Å². The van der Waals surface area contributed by atoms with Gasteiger partial charge in [0.25, 0.3) is 0 Å². The quantitative estimate of drug-likeness (QED) is 0.909. The van der Waals surface area contributed by atoms with Crippen molar-refractivity contribution in [3.05, 3.63) is 29.3 Å². The summed E-state index contributed by atoms with van der Waals surface area (Å²) in [4.78, 5) is 19.7. The van der Waals surface area contributed by atoms with Gasteiger partial charge in [-0.2, -0.15) is 0 Å². The summed E-state index contributed by atoms with van der Waals surface area (Å²) in [6.07, 6.45) is 4.07. The van der Waals surface area contributed by atoms with Crippen LogP contribution in [-0.2, 0) is 4.79 Å². The Bertz CT molecular complexity index is 687. The summed E-state index contributed by atoms with van der Waals surface area (Å²) in [5.41, 5.74) is 1.11. The minimum Gasteiger partial charge on any atom is -0.342 e. The van der Waals surface area contributed by atoms with Crippen molar-refractivity contribution in [1.82, 2.24) is 15.2 Å². The molecule has 0 spiro atoms. The van der Waals surface area contributed by atoms with Crippen molar-refractivity contribution >= 4 is 27.5 Å². The van der Waals surface area contributed by atoms with Crippen molar-refractivity contribution in [3.63, 3.8) is 0 Å². The molecule has 1 N–H and O–H groups in total. The van der Waals surface area contributed by atoms with Crippen LogP contribution in [0, 0.1) is 5.92 Å². The Kier molecular flexibility index (Phi) is 4.55. The molecule has 2 atom stereocenters. The number of hydrogen-bond acceptors (Lipinski definition) is 4. The molecule has 2 saturated heterocycles. The van der Waals surface area contributed by atoms with Crippen LogP contribution in [0.5, 0.6) is 0 Å². The fourth-order valence-electron chi connectivity index (χ4n) is 4.03. The predicted molar refractivity (Wildman–Crippen MR) is 98.4 cm³/mol. The molecule has 0 unspecified atom stereocenters. The van der Waals surface area contributed by atoms with Crippen LogP contribution in [0.1, 0.15) is 43.5 Å². The third-order valence-corrected chi connectivity index (χ3v) is 6.64. The van der Waals surface area contributed by atoms with Crippen molar-refractivity contribution in [2.75, 3.05) is 19.6 Å². The molecular formula is C19H25N3OS. The standard InChI is InChI=1S/C19H25N3OS/c1-13-12-15(6-9-20-13)19(23)22-10-7-14(8-11-22)18-21-16-4-2-3-5-17(16)24-18/h2-5,13-15,20H,6-12H2,1H3/t13-,15-/m0/s1. The molecule has 3 heterocycles. The number of likely N-dealkylation sites (tertiary alicyclic amines) is 1. The van der Waals surface area contributed by atoms with E-state index in [0.29, 0.717) is 17.9 Å². The highest BCUT2D eigenvalue weighted by Gasteiger charge is 2.31. The maximum absolute atomic E-state index is 12.8. The van der Waals surface area contributed by atoms with E-state index in [0.717, 1.165) is 50.8 Å². The van der Waals surface area contributed by atoms with Gasteiger partial charge in [-0.15, -0.1) is 11.3 Å². The van der Waals surface area contributed by atoms with Crippen molar-refractivity contribution in [1.29, 1.82) is 0 Å². The van der Waals surface area contributed by atoms with Crippen molar-refractivity contribution in [2.24, 2.45) is 5.92 Å². The van der Waals surface area contributed by atoms with Crippen molar-refractivity contribution in [2.45, 2.75) is 44.6 Å². The Morgan fingerprint density at radius 1 is 1.25 bits per heavy atom. The zero-order valence-electron chi connectivity index (χ0n) is 14.2. The molecule has 2 fully saturated rings. The van der Waals surface area contributed by atoms with E-state index in [2.05, 4.69) is 35.3 Å². The van der Waals surface area contributed by atoms with Gasteiger partial charge in [-0.1, -0.05) is 12.1 Å². The first kappa shape index (κ1) is 16.0. The summed E-state index contributed by atoms with van der Waals surface area (Å²) in [5.74, 6) is 1.12. The first-order valence-electron chi connectivity index (χ1n) is 9.08. The van der Waals surface area contributed by atoms with E-state index in [9.17, 15) is 4.79 Å². The predicted octanol–water partition coefficient (Wildman–Crippen LogP) is 3.39. The molecule has 0 saturated carbocycles. The Labute approximate surface area is 147 Å². The third kappa shape index (κ3) is 3.20. The fourth-order valence-corrected chi connectivity index (χ4v) is 5.16. The summed E-state index contributed by atoms with van der Waals surface area (Å²) in [7, 11) is 0. The molecule has 2 aliphatic heterocycles. The molecule has 1 aromatic carbocycles. The second-order valence-corrected chi connectivity index (χ2v) is 8.26. The molecule has 24 heavy (non-hydrogen) atoms. The van der Waals surface area contributed by atoms with E-state index >= 15 is 0 Å². The highest BCUT2D eigenvalue weighted by atomic mass is 32.1. The number of rotatable bonds is 2. The highest BCUT2D eigenvalue weighted by molar-refractivity contribution is 7.18. The zero-order chi connectivity index (χ0) is 16.5. The number of nitrogens with one attached hydrogen (secondary N) is 1. The van der Waals surface area contributed by atoms with Gasteiger partial charge in [0, 0.05) is 31.0 Å². The molecule has 2 aliphatic rings. The van der Waals surface area contributed by atoms with Gasteiger partial charge < -0.3 is 10.2 Å². The topological polar surface area (TPSA) is 45.2 Å². The number of nitrogens with zero attached hydrogens (tertiary/aromatic N) is 2. The van der Waals surface area contributed by atoms with Crippen LogP contribution in [0.3, 0.4) is 0 Å². The summed E-state index contributed by atoms with van der Waals surface area (Å²) in [6.45, 7) is 4.92. The average molecular weight is 343 g/mol. The number of carbonyl (C=O) groups is 1. The SMILES string of the molecule is C[C@H]1C[C@@H](C(=O)N2CCC(c3nc4ccccc4s3)CC2)CCN1. The average Bonchev–Trinajstić information content (AvgIpc) is 3.05. The van der Waals surface area contributed by atoms with Crippen molar-refractivity contribution in [3.8, 4) is 0 Å². The van der Waals surface area contributed by atoms with E-state index in [1.54, 1.807) is 0 Å². The number of amides is 1. The van der Waals surface area contributed by atoms with Crippen LogP contribution >= 0.6 is 11.3 Å². The van der Waals surface area contributed by atoms with Gasteiger partial charge in [0.1, 0.15) is 0 Å². The number of hydrogen-bond donors (Lipinski definition) is 1. The minimum absolute atomic E-state index is 0.222. The minimum atomic E-state index is 0.222. The molecule has 5 heteroatoms. The molecule has 0 aliphatic carbocycles. The first-order valence-corrected chi connectivity index (χ1v) is 9.90. The lowest BCUT2D eigenvalue weighted by Gasteiger charge is -2.36. The van der Waals surface area contributed by atoms with Gasteiger partial charge in [-0.3, -0.25) is 4.79 Å². The number of carbonyl (C=O) groups excluding carboxylic acids is 1.